The van der Waals surface area contributed by atoms with E-state index in [1.165, 1.54) is 64.4 Å². The van der Waals surface area contributed by atoms with Gasteiger partial charge in [-0.25, -0.2) is 18.7 Å². The van der Waals surface area contributed by atoms with Gasteiger partial charge < -0.3 is 15.4 Å². The van der Waals surface area contributed by atoms with Gasteiger partial charge in [0.15, 0.2) is 16.7 Å². The van der Waals surface area contributed by atoms with Gasteiger partial charge in [0.05, 0.1) is 0 Å². The summed E-state index contributed by atoms with van der Waals surface area (Å²) in [5.41, 5.74) is 0.858. The number of benzene rings is 2. The number of fused-ring (bicyclic) bond motifs is 1. The van der Waals surface area contributed by atoms with Crippen LogP contribution in [0.25, 0.3) is 16.0 Å². The molecule has 2 N–H and O–H groups in total. The van der Waals surface area contributed by atoms with Gasteiger partial charge in [-0.2, -0.15) is 0 Å². The summed E-state index contributed by atoms with van der Waals surface area (Å²) in [5.74, 6) is -1.98. The van der Waals surface area contributed by atoms with Crippen LogP contribution >= 0.6 is 11.3 Å². The van der Waals surface area contributed by atoms with Crippen molar-refractivity contribution in [2.24, 2.45) is 5.92 Å². The Morgan fingerprint density at radius 3 is 2.49 bits per heavy atom. The minimum atomic E-state index is -0.765. The predicted octanol–water partition coefficient (Wildman–Crippen LogP) is 5.82. The van der Waals surface area contributed by atoms with E-state index >= 15 is 0 Å². The van der Waals surface area contributed by atoms with Crippen molar-refractivity contribution < 1.29 is 23.1 Å². The SMILES string of the molecule is Cc1ccc(C(=O)Nc2ccc(Oc3ccc4nc(NC(=O)C5CC5)sc4n3)c(F)c2)c(=O)n1-c1ccc(F)cc1. The van der Waals surface area contributed by atoms with E-state index in [1.54, 1.807) is 19.1 Å². The van der Waals surface area contributed by atoms with Crippen molar-refractivity contribution in [1.82, 2.24) is 14.5 Å². The van der Waals surface area contributed by atoms with Crippen LogP contribution in [0.1, 0.15) is 28.9 Å². The number of ether oxygens (including phenoxy) is 1. The van der Waals surface area contributed by atoms with Gasteiger partial charge in [-0.05, 0) is 74.4 Å². The monoisotopic (exact) mass is 573 g/mol. The van der Waals surface area contributed by atoms with Gasteiger partial charge in [0.1, 0.15) is 21.7 Å². The van der Waals surface area contributed by atoms with Crippen molar-refractivity contribution in [3.63, 3.8) is 0 Å². The Morgan fingerprint density at radius 1 is 0.976 bits per heavy atom. The summed E-state index contributed by atoms with van der Waals surface area (Å²) in [6, 6.07) is 15.3. The van der Waals surface area contributed by atoms with Gasteiger partial charge >= 0.3 is 0 Å². The molecular weight excluding hydrogens is 552 g/mol. The molecule has 12 heteroatoms. The van der Waals surface area contributed by atoms with Crippen molar-refractivity contribution in [3.05, 3.63) is 100.0 Å². The number of pyridine rings is 2. The Balaban J connectivity index is 1.17. The van der Waals surface area contributed by atoms with Crippen LogP contribution < -0.4 is 20.9 Å². The van der Waals surface area contributed by atoms with Crippen LogP contribution in [0.4, 0.5) is 19.6 Å². The lowest BCUT2D eigenvalue weighted by molar-refractivity contribution is -0.117. The topological polar surface area (TPSA) is 115 Å². The molecule has 0 saturated heterocycles. The highest BCUT2D eigenvalue weighted by Crippen LogP contribution is 2.33. The first-order chi connectivity index (χ1) is 19.7. The second-order valence-corrected chi connectivity index (χ2v) is 10.4. The van der Waals surface area contributed by atoms with E-state index in [1.807, 2.05) is 0 Å². The van der Waals surface area contributed by atoms with Crippen LogP contribution in [0.2, 0.25) is 0 Å². The molecule has 0 unspecified atom stereocenters. The quantitative estimate of drug-likeness (QED) is 0.254. The van der Waals surface area contributed by atoms with E-state index < -0.39 is 23.1 Å². The zero-order valence-corrected chi connectivity index (χ0v) is 22.3. The lowest BCUT2D eigenvalue weighted by Crippen LogP contribution is -2.29. The largest absolute Gasteiger partial charge is 0.436 e. The Hall–Kier alpha value is -4.97. The van der Waals surface area contributed by atoms with Crippen LogP contribution in [0.5, 0.6) is 11.6 Å². The molecule has 0 atom stereocenters. The fourth-order valence-electron chi connectivity index (χ4n) is 4.15. The molecule has 0 aliphatic heterocycles. The maximum absolute atomic E-state index is 14.9. The molecule has 1 aliphatic carbocycles. The van der Waals surface area contributed by atoms with Crippen LogP contribution in [-0.4, -0.2) is 26.3 Å². The van der Waals surface area contributed by atoms with Crippen LogP contribution in [0, 0.1) is 24.5 Å². The molecule has 1 aliphatic rings. The van der Waals surface area contributed by atoms with Crippen LogP contribution in [0.15, 0.2) is 71.5 Å². The number of amides is 2. The number of anilines is 2. The number of thiazole rings is 1. The third kappa shape index (κ3) is 5.54. The number of rotatable bonds is 7. The molecular formula is C29H21F2N5O4S. The Kier molecular flexibility index (Phi) is 6.75. The van der Waals surface area contributed by atoms with E-state index in [0.717, 1.165) is 18.9 Å². The molecule has 206 valence electrons. The first-order valence-corrected chi connectivity index (χ1v) is 13.4. The molecule has 1 saturated carbocycles. The maximum Gasteiger partial charge on any atom is 0.268 e. The van der Waals surface area contributed by atoms with Crippen molar-refractivity contribution in [2.75, 3.05) is 10.6 Å². The van der Waals surface area contributed by atoms with Crippen molar-refractivity contribution >= 4 is 44.3 Å². The zero-order valence-electron chi connectivity index (χ0n) is 21.5. The van der Waals surface area contributed by atoms with E-state index in [-0.39, 0.29) is 34.7 Å². The number of nitrogens with zero attached hydrogens (tertiary/aromatic N) is 3. The number of hydrogen-bond donors (Lipinski definition) is 2. The summed E-state index contributed by atoms with van der Waals surface area (Å²) in [5, 5.41) is 5.75. The Bertz CT molecular complexity index is 1880. The van der Waals surface area contributed by atoms with Gasteiger partial charge in [0.25, 0.3) is 11.5 Å². The van der Waals surface area contributed by atoms with Crippen LogP contribution in [-0.2, 0) is 4.79 Å². The second-order valence-electron chi connectivity index (χ2n) is 9.46. The molecule has 5 aromatic rings. The number of carbonyl (C=O) groups is 2. The fourth-order valence-corrected chi connectivity index (χ4v) is 4.98. The molecule has 6 rings (SSSR count). The average Bonchev–Trinajstić information content (AvgIpc) is 3.72. The zero-order chi connectivity index (χ0) is 28.7. The minimum Gasteiger partial charge on any atom is -0.436 e. The smallest absolute Gasteiger partial charge is 0.268 e. The highest BCUT2D eigenvalue weighted by Gasteiger charge is 2.30. The molecule has 2 aromatic carbocycles. The number of aromatic nitrogens is 3. The van der Waals surface area contributed by atoms with E-state index in [9.17, 15) is 23.2 Å². The van der Waals surface area contributed by atoms with Gasteiger partial charge in [0.2, 0.25) is 11.8 Å². The predicted molar refractivity (Wildman–Crippen MR) is 150 cm³/mol. The normalized spacial score (nSPS) is 12.8. The molecule has 9 nitrogen and oxygen atoms in total. The fraction of sp³-hybridized carbons (Fsp3) is 0.138. The highest BCUT2D eigenvalue weighted by molar-refractivity contribution is 7.21. The lowest BCUT2D eigenvalue weighted by atomic mass is 10.2. The van der Waals surface area contributed by atoms with Crippen molar-refractivity contribution in [1.29, 1.82) is 0 Å². The molecule has 1 fully saturated rings. The maximum atomic E-state index is 14.9. The molecule has 41 heavy (non-hydrogen) atoms. The third-order valence-corrected chi connectivity index (χ3v) is 7.30. The Morgan fingerprint density at radius 2 is 1.76 bits per heavy atom. The first-order valence-electron chi connectivity index (χ1n) is 12.6. The lowest BCUT2D eigenvalue weighted by Gasteiger charge is -2.13. The number of aryl methyl sites for hydroxylation is 1. The molecule has 0 spiro atoms. The van der Waals surface area contributed by atoms with Gasteiger partial charge in [-0.15, -0.1) is 0 Å². The minimum absolute atomic E-state index is 0.0432. The van der Waals surface area contributed by atoms with E-state index in [4.69, 9.17) is 4.74 Å². The summed E-state index contributed by atoms with van der Waals surface area (Å²) in [6.45, 7) is 1.69. The molecule has 3 heterocycles. The number of nitrogens with one attached hydrogen (secondary N) is 2. The molecule has 2 amide bonds. The average molecular weight is 574 g/mol. The van der Waals surface area contributed by atoms with Gasteiger partial charge in [-0.1, -0.05) is 11.3 Å². The number of halogens is 2. The van der Waals surface area contributed by atoms with Gasteiger partial charge in [-0.3, -0.25) is 19.0 Å². The Labute approximate surface area is 235 Å². The van der Waals surface area contributed by atoms with Crippen LogP contribution in [0.3, 0.4) is 0 Å². The van der Waals surface area contributed by atoms with Crippen molar-refractivity contribution in [3.8, 4) is 17.3 Å². The highest BCUT2D eigenvalue weighted by atomic mass is 32.1. The summed E-state index contributed by atoms with van der Waals surface area (Å²) >= 11 is 1.19. The first kappa shape index (κ1) is 26.3. The number of carbonyl (C=O) groups excluding carboxylic acids is 2. The summed E-state index contributed by atoms with van der Waals surface area (Å²) in [7, 11) is 0. The molecule has 0 bridgehead atoms. The molecule has 3 aromatic heterocycles. The summed E-state index contributed by atoms with van der Waals surface area (Å²) < 4.78 is 35.2. The summed E-state index contributed by atoms with van der Waals surface area (Å²) in [6.07, 6.45) is 1.76. The number of hydrogen-bond acceptors (Lipinski definition) is 7. The third-order valence-electron chi connectivity index (χ3n) is 6.42. The second kappa shape index (κ2) is 10.5. The molecule has 0 radical (unpaired) electrons. The summed E-state index contributed by atoms with van der Waals surface area (Å²) in [4.78, 5) is 47.2. The van der Waals surface area contributed by atoms with E-state index in [2.05, 4.69) is 20.6 Å². The van der Waals surface area contributed by atoms with E-state index in [0.29, 0.717) is 26.9 Å². The van der Waals surface area contributed by atoms with Crippen molar-refractivity contribution in [2.45, 2.75) is 19.8 Å². The standard InChI is InChI=1S/C29H21F2N5O4S/c1-15-2-10-20(28(39)36(15)19-8-5-17(30)6-9-19)26(38)32-18-7-12-23(21(31)14-18)40-24-13-11-22-27(34-24)41-29(33-22)35-25(37)16-3-4-16/h2,5-14,16H,3-4H2,1H3,(H,32,38)(H,33,35,37). The van der Waals surface area contributed by atoms with Gasteiger partial charge in [0, 0.05) is 35.1 Å².